The molecule has 13 heavy (non-hydrogen) atoms. The summed E-state index contributed by atoms with van der Waals surface area (Å²) in [7, 11) is 0. The molecule has 0 aliphatic heterocycles. The maximum Gasteiger partial charge on any atom is 0.238 e. The average molecular weight is 206 g/mol. The fourth-order valence-corrected chi connectivity index (χ4v) is 0.650. The predicted molar refractivity (Wildman–Crippen MR) is 52.8 cm³/mol. The normalized spacial score (nSPS) is 13.6. The Balaban J connectivity index is 3.92. The number of Topliss-reactive ketones (excluding diaryl/α,β-unsaturated/α-hetero) is 1. The molecule has 1 atom stereocenters. The number of nitrogens with one attached hydrogen (secondary N) is 1. The number of hydrogen-bond acceptors (Lipinski definition) is 2. The molecule has 76 valence electrons. The quantitative estimate of drug-likeness (QED) is 0.707. The van der Waals surface area contributed by atoms with Crippen molar-refractivity contribution in [2.75, 3.05) is 6.54 Å². The van der Waals surface area contributed by atoms with Crippen molar-refractivity contribution in [2.45, 2.75) is 33.1 Å². The van der Waals surface area contributed by atoms with Crippen LogP contribution in [0.25, 0.3) is 0 Å². The summed E-state index contributed by atoms with van der Waals surface area (Å²) in [5.41, 5.74) is -0.414. The molecule has 1 amide bonds. The minimum Gasteiger partial charge on any atom is -0.348 e. The van der Waals surface area contributed by atoms with Gasteiger partial charge >= 0.3 is 0 Å². The Bertz CT molecular complexity index is 206. The lowest BCUT2D eigenvalue weighted by atomic mass is 9.91. The number of halogens is 1. The van der Waals surface area contributed by atoms with Gasteiger partial charge in [0.05, 0.1) is 6.54 Å². The third-order valence-electron chi connectivity index (χ3n) is 1.62. The topological polar surface area (TPSA) is 46.2 Å². The summed E-state index contributed by atoms with van der Waals surface area (Å²) in [5, 5.41) is 1.88. The van der Waals surface area contributed by atoms with Gasteiger partial charge in [-0.2, -0.15) is 0 Å². The fourth-order valence-electron chi connectivity index (χ4n) is 0.573. The van der Waals surface area contributed by atoms with E-state index >= 15 is 0 Å². The molecule has 0 heterocycles. The van der Waals surface area contributed by atoms with Crippen LogP contribution in [0.5, 0.6) is 0 Å². The largest absolute Gasteiger partial charge is 0.348 e. The first kappa shape index (κ1) is 12.4. The number of carbonyl (C=O) groups is 2. The summed E-state index contributed by atoms with van der Waals surface area (Å²) in [6, 6.07) is 0. The van der Waals surface area contributed by atoms with Crippen molar-refractivity contribution >= 4 is 23.3 Å². The smallest absolute Gasteiger partial charge is 0.238 e. The Hall–Kier alpha value is -0.570. The highest BCUT2D eigenvalue weighted by Crippen LogP contribution is 2.13. The first-order valence-corrected chi connectivity index (χ1v) is 4.64. The van der Waals surface area contributed by atoms with Gasteiger partial charge in [-0.05, 0) is 6.92 Å². The molecule has 0 bridgehead atoms. The van der Waals surface area contributed by atoms with Crippen molar-refractivity contribution in [1.29, 1.82) is 0 Å². The molecular formula is C9H16ClNO2. The minimum atomic E-state index is -0.590. The van der Waals surface area contributed by atoms with Crippen molar-refractivity contribution in [1.82, 2.24) is 5.32 Å². The van der Waals surface area contributed by atoms with Crippen LogP contribution >= 0.6 is 11.6 Å². The second kappa shape index (κ2) is 4.61. The van der Waals surface area contributed by atoms with Gasteiger partial charge < -0.3 is 5.32 Å². The van der Waals surface area contributed by atoms with E-state index in [1.807, 2.05) is 20.8 Å². The van der Waals surface area contributed by atoms with Crippen LogP contribution < -0.4 is 5.32 Å². The summed E-state index contributed by atoms with van der Waals surface area (Å²) in [5.74, 6) is -0.308. The van der Waals surface area contributed by atoms with Crippen LogP contribution in [0.1, 0.15) is 27.7 Å². The van der Waals surface area contributed by atoms with E-state index in [0.29, 0.717) is 0 Å². The maximum absolute atomic E-state index is 11.3. The van der Waals surface area contributed by atoms with Crippen molar-refractivity contribution in [3.63, 3.8) is 0 Å². The number of rotatable bonds is 3. The molecule has 0 spiro atoms. The lowest BCUT2D eigenvalue weighted by Crippen LogP contribution is -2.38. The molecule has 0 rings (SSSR count). The molecule has 0 aliphatic rings. The zero-order valence-electron chi connectivity index (χ0n) is 8.48. The number of alkyl halides is 1. The molecule has 0 saturated carbocycles. The Morgan fingerprint density at radius 2 is 1.85 bits per heavy atom. The van der Waals surface area contributed by atoms with Crippen LogP contribution in [0.3, 0.4) is 0 Å². The SMILES string of the molecule is CC(Cl)C(=O)NCC(=O)C(C)(C)C. The summed E-state index contributed by atoms with van der Waals surface area (Å²) < 4.78 is 0. The number of amides is 1. The highest BCUT2D eigenvalue weighted by molar-refractivity contribution is 6.30. The average Bonchev–Trinajstić information content (AvgIpc) is 1.97. The Morgan fingerprint density at radius 1 is 1.38 bits per heavy atom. The summed E-state index contributed by atoms with van der Waals surface area (Å²) >= 11 is 5.50. The Labute approximate surface area is 83.8 Å². The summed E-state index contributed by atoms with van der Waals surface area (Å²) in [4.78, 5) is 22.3. The summed E-state index contributed by atoms with van der Waals surface area (Å²) in [6.45, 7) is 7.06. The molecule has 0 saturated heterocycles. The predicted octanol–water partition coefficient (Wildman–Crippen LogP) is 1.35. The maximum atomic E-state index is 11.3. The van der Waals surface area contributed by atoms with Crippen molar-refractivity contribution in [2.24, 2.45) is 5.41 Å². The fraction of sp³-hybridized carbons (Fsp3) is 0.778. The van der Waals surface area contributed by atoms with E-state index in [-0.39, 0.29) is 18.2 Å². The molecule has 1 N–H and O–H groups in total. The molecule has 0 fully saturated rings. The molecule has 0 aromatic carbocycles. The van der Waals surface area contributed by atoms with Gasteiger partial charge in [0.25, 0.3) is 0 Å². The molecule has 0 aromatic heterocycles. The second-order valence-corrected chi connectivity index (χ2v) is 4.66. The number of carbonyl (C=O) groups excluding carboxylic acids is 2. The Morgan fingerprint density at radius 3 is 2.15 bits per heavy atom. The molecule has 4 heteroatoms. The van der Waals surface area contributed by atoms with Crippen LogP contribution in [0, 0.1) is 5.41 Å². The van der Waals surface area contributed by atoms with Crippen LogP contribution in [0.15, 0.2) is 0 Å². The monoisotopic (exact) mass is 205 g/mol. The summed E-state index contributed by atoms with van der Waals surface area (Å²) in [6.07, 6.45) is 0. The van der Waals surface area contributed by atoms with Crippen molar-refractivity contribution < 1.29 is 9.59 Å². The zero-order valence-corrected chi connectivity index (χ0v) is 9.23. The lowest BCUT2D eigenvalue weighted by molar-refractivity contribution is -0.128. The lowest BCUT2D eigenvalue weighted by Gasteiger charge is -2.16. The highest BCUT2D eigenvalue weighted by atomic mass is 35.5. The molecule has 1 unspecified atom stereocenters. The second-order valence-electron chi connectivity index (χ2n) is 4.01. The third-order valence-corrected chi connectivity index (χ3v) is 1.82. The van der Waals surface area contributed by atoms with Gasteiger partial charge in [-0.3, -0.25) is 9.59 Å². The van der Waals surface area contributed by atoms with E-state index in [1.54, 1.807) is 6.92 Å². The highest BCUT2D eigenvalue weighted by Gasteiger charge is 2.21. The first-order valence-electron chi connectivity index (χ1n) is 4.20. The zero-order chi connectivity index (χ0) is 10.6. The van der Waals surface area contributed by atoms with E-state index in [2.05, 4.69) is 5.32 Å². The molecular weight excluding hydrogens is 190 g/mol. The van der Waals surface area contributed by atoms with Gasteiger partial charge in [0, 0.05) is 5.41 Å². The van der Waals surface area contributed by atoms with E-state index < -0.39 is 10.8 Å². The van der Waals surface area contributed by atoms with Gasteiger partial charge in [0.1, 0.15) is 5.38 Å². The van der Waals surface area contributed by atoms with Crippen molar-refractivity contribution in [3.05, 3.63) is 0 Å². The first-order chi connectivity index (χ1) is 5.75. The van der Waals surface area contributed by atoms with Crippen LogP contribution in [0.2, 0.25) is 0 Å². The molecule has 0 aliphatic carbocycles. The van der Waals surface area contributed by atoms with Gasteiger partial charge in [-0.25, -0.2) is 0 Å². The number of hydrogen-bond donors (Lipinski definition) is 1. The van der Waals surface area contributed by atoms with Gasteiger partial charge in [-0.15, -0.1) is 11.6 Å². The van der Waals surface area contributed by atoms with E-state index in [0.717, 1.165) is 0 Å². The van der Waals surface area contributed by atoms with Gasteiger partial charge in [0.15, 0.2) is 5.78 Å². The third kappa shape index (κ3) is 4.88. The molecule has 3 nitrogen and oxygen atoms in total. The van der Waals surface area contributed by atoms with Crippen LogP contribution in [-0.2, 0) is 9.59 Å². The van der Waals surface area contributed by atoms with Gasteiger partial charge in [-0.1, -0.05) is 20.8 Å². The van der Waals surface area contributed by atoms with E-state index in [4.69, 9.17) is 11.6 Å². The molecule has 0 radical (unpaired) electrons. The van der Waals surface area contributed by atoms with E-state index in [9.17, 15) is 9.59 Å². The molecule has 0 aromatic rings. The van der Waals surface area contributed by atoms with Gasteiger partial charge in [0.2, 0.25) is 5.91 Å². The minimum absolute atomic E-state index is 0.00170. The van der Waals surface area contributed by atoms with Crippen molar-refractivity contribution in [3.8, 4) is 0 Å². The van der Waals surface area contributed by atoms with E-state index in [1.165, 1.54) is 0 Å². The number of ketones is 1. The van der Waals surface area contributed by atoms with Crippen LogP contribution in [-0.4, -0.2) is 23.6 Å². The Kier molecular flexibility index (Phi) is 4.40. The standard InChI is InChI=1S/C9H16ClNO2/c1-6(10)8(13)11-5-7(12)9(2,3)4/h6H,5H2,1-4H3,(H,11,13). The van der Waals surface area contributed by atoms with Crippen LogP contribution in [0.4, 0.5) is 0 Å².